The summed E-state index contributed by atoms with van der Waals surface area (Å²) in [5, 5.41) is 3.03. The summed E-state index contributed by atoms with van der Waals surface area (Å²) in [6.45, 7) is 3.50. The Morgan fingerprint density at radius 3 is 2.78 bits per heavy atom. The molecule has 5 nitrogen and oxygen atoms in total. The third kappa shape index (κ3) is 4.19. The zero-order valence-electron chi connectivity index (χ0n) is 15.3. The maximum Gasteiger partial charge on any atom is 0.251 e. The Bertz CT molecular complexity index is 887. The Morgan fingerprint density at radius 1 is 1.11 bits per heavy atom. The predicted octanol–water partition coefficient (Wildman–Crippen LogP) is 3.11. The SMILES string of the molecule is O=C(NCCCN1CCc2ccccc21)c1ccc(Cn2ccnc2)cc1. The van der Waals surface area contributed by atoms with E-state index in [-0.39, 0.29) is 5.91 Å². The Labute approximate surface area is 159 Å². The van der Waals surface area contributed by atoms with Crippen LogP contribution >= 0.6 is 0 Å². The van der Waals surface area contributed by atoms with Crippen LogP contribution < -0.4 is 10.2 Å². The summed E-state index contributed by atoms with van der Waals surface area (Å²) in [7, 11) is 0. The minimum absolute atomic E-state index is 0.00833. The van der Waals surface area contributed by atoms with Crippen LogP contribution in [0.4, 0.5) is 5.69 Å². The molecule has 0 bridgehead atoms. The molecule has 0 spiro atoms. The lowest BCUT2D eigenvalue weighted by atomic mass is 10.1. The molecule has 0 atom stereocenters. The molecule has 0 radical (unpaired) electrons. The molecule has 0 fully saturated rings. The quantitative estimate of drug-likeness (QED) is 0.659. The van der Waals surface area contributed by atoms with Gasteiger partial charge in [-0.05, 0) is 42.2 Å². The van der Waals surface area contributed by atoms with E-state index in [9.17, 15) is 4.79 Å². The molecule has 1 aromatic heterocycles. The van der Waals surface area contributed by atoms with Crippen molar-refractivity contribution in [3.63, 3.8) is 0 Å². The number of benzene rings is 2. The number of amides is 1. The first-order valence-electron chi connectivity index (χ1n) is 9.45. The van der Waals surface area contributed by atoms with Crippen LogP contribution in [0.5, 0.6) is 0 Å². The van der Waals surface area contributed by atoms with Crippen molar-refractivity contribution in [2.45, 2.75) is 19.4 Å². The van der Waals surface area contributed by atoms with Crippen molar-refractivity contribution in [2.24, 2.45) is 0 Å². The summed E-state index contributed by atoms with van der Waals surface area (Å²) < 4.78 is 2.01. The molecule has 2 heterocycles. The van der Waals surface area contributed by atoms with Gasteiger partial charge in [-0.25, -0.2) is 4.98 Å². The highest BCUT2D eigenvalue weighted by Gasteiger charge is 2.17. The first kappa shape index (κ1) is 17.3. The highest BCUT2D eigenvalue weighted by atomic mass is 16.1. The number of imidazole rings is 1. The van der Waals surface area contributed by atoms with Crippen molar-refractivity contribution in [1.82, 2.24) is 14.9 Å². The molecule has 2 aromatic carbocycles. The summed E-state index contributed by atoms with van der Waals surface area (Å²) in [5.74, 6) is -0.00833. The van der Waals surface area contributed by atoms with Gasteiger partial charge in [0.25, 0.3) is 5.91 Å². The zero-order valence-corrected chi connectivity index (χ0v) is 15.3. The molecule has 5 heteroatoms. The zero-order chi connectivity index (χ0) is 18.5. The molecule has 1 N–H and O–H groups in total. The van der Waals surface area contributed by atoms with Crippen molar-refractivity contribution >= 4 is 11.6 Å². The van der Waals surface area contributed by atoms with Crippen LogP contribution in [0.2, 0.25) is 0 Å². The summed E-state index contributed by atoms with van der Waals surface area (Å²) in [4.78, 5) is 18.8. The molecule has 1 aliphatic heterocycles. The fourth-order valence-electron chi connectivity index (χ4n) is 3.57. The van der Waals surface area contributed by atoms with Gasteiger partial charge in [0.1, 0.15) is 0 Å². The number of nitrogens with one attached hydrogen (secondary N) is 1. The normalized spacial score (nSPS) is 12.8. The Morgan fingerprint density at radius 2 is 1.96 bits per heavy atom. The van der Waals surface area contributed by atoms with E-state index in [1.807, 2.05) is 35.0 Å². The van der Waals surface area contributed by atoms with Gasteiger partial charge in [0.05, 0.1) is 6.33 Å². The number of aromatic nitrogens is 2. The van der Waals surface area contributed by atoms with E-state index in [0.717, 1.165) is 38.0 Å². The third-order valence-electron chi connectivity index (χ3n) is 5.01. The van der Waals surface area contributed by atoms with E-state index in [4.69, 9.17) is 0 Å². The number of carbonyl (C=O) groups excluding carboxylic acids is 1. The minimum Gasteiger partial charge on any atom is -0.371 e. The molecular weight excluding hydrogens is 336 g/mol. The number of nitrogens with zero attached hydrogens (tertiary/aromatic N) is 3. The van der Waals surface area contributed by atoms with E-state index in [1.165, 1.54) is 11.3 Å². The Kier molecular flexibility index (Phi) is 5.19. The Hall–Kier alpha value is -3.08. The molecule has 4 rings (SSSR count). The third-order valence-corrected chi connectivity index (χ3v) is 5.01. The summed E-state index contributed by atoms with van der Waals surface area (Å²) in [6, 6.07) is 16.3. The van der Waals surface area contributed by atoms with Crippen LogP contribution in [-0.2, 0) is 13.0 Å². The number of hydrogen-bond acceptors (Lipinski definition) is 3. The van der Waals surface area contributed by atoms with Crippen molar-refractivity contribution in [1.29, 1.82) is 0 Å². The van der Waals surface area contributed by atoms with Gasteiger partial charge in [0.15, 0.2) is 0 Å². The molecular formula is C22H24N4O. The number of para-hydroxylation sites is 1. The molecule has 3 aromatic rings. The molecule has 1 aliphatic rings. The summed E-state index contributed by atoms with van der Waals surface area (Å²) in [5.41, 5.74) is 4.63. The second kappa shape index (κ2) is 8.08. The van der Waals surface area contributed by atoms with E-state index in [0.29, 0.717) is 12.1 Å². The van der Waals surface area contributed by atoms with Crippen LogP contribution in [0.15, 0.2) is 67.3 Å². The van der Waals surface area contributed by atoms with Gasteiger partial charge >= 0.3 is 0 Å². The van der Waals surface area contributed by atoms with Crippen LogP contribution in [0, 0.1) is 0 Å². The maximum absolute atomic E-state index is 12.3. The average molecular weight is 360 g/mol. The van der Waals surface area contributed by atoms with Crippen molar-refractivity contribution in [2.75, 3.05) is 24.5 Å². The van der Waals surface area contributed by atoms with Gasteiger partial charge in [0, 0.05) is 49.8 Å². The van der Waals surface area contributed by atoms with Crippen LogP contribution in [0.3, 0.4) is 0 Å². The molecule has 0 unspecified atom stereocenters. The van der Waals surface area contributed by atoms with Crippen molar-refractivity contribution in [3.8, 4) is 0 Å². The number of hydrogen-bond donors (Lipinski definition) is 1. The summed E-state index contributed by atoms with van der Waals surface area (Å²) in [6.07, 6.45) is 7.55. The van der Waals surface area contributed by atoms with Gasteiger partial charge in [-0.2, -0.15) is 0 Å². The maximum atomic E-state index is 12.3. The topological polar surface area (TPSA) is 50.2 Å². The van der Waals surface area contributed by atoms with E-state index in [1.54, 1.807) is 12.5 Å². The molecule has 0 aliphatic carbocycles. The fourth-order valence-corrected chi connectivity index (χ4v) is 3.57. The van der Waals surface area contributed by atoms with Gasteiger partial charge in [0.2, 0.25) is 0 Å². The molecule has 27 heavy (non-hydrogen) atoms. The second-order valence-electron chi connectivity index (χ2n) is 6.91. The minimum atomic E-state index is -0.00833. The van der Waals surface area contributed by atoms with Gasteiger partial charge in [-0.15, -0.1) is 0 Å². The number of carbonyl (C=O) groups is 1. The monoisotopic (exact) mass is 360 g/mol. The predicted molar refractivity (Wildman–Crippen MR) is 107 cm³/mol. The van der Waals surface area contributed by atoms with Crippen LogP contribution in [-0.4, -0.2) is 35.1 Å². The van der Waals surface area contributed by atoms with Gasteiger partial charge < -0.3 is 14.8 Å². The van der Waals surface area contributed by atoms with Gasteiger partial charge in [-0.3, -0.25) is 4.79 Å². The number of anilines is 1. The number of rotatable bonds is 7. The average Bonchev–Trinajstić information content (AvgIpc) is 3.36. The standard InChI is InChI=1S/C22H24N4O/c27-22(20-8-6-18(7-9-20)16-25-15-12-23-17-25)24-11-3-13-26-14-10-19-4-1-2-5-21(19)26/h1-2,4-9,12,15,17H,3,10-11,13-14,16H2,(H,24,27). The lowest BCUT2D eigenvalue weighted by Crippen LogP contribution is -2.29. The van der Waals surface area contributed by atoms with Gasteiger partial charge in [-0.1, -0.05) is 30.3 Å². The first-order chi connectivity index (χ1) is 13.3. The number of fused-ring (bicyclic) bond motifs is 1. The van der Waals surface area contributed by atoms with E-state index >= 15 is 0 Å². The lowest BCUT2D eigenvalue weighted by molar-refractivity contribution is 0.0953. The fraction of sp³-hybridized carbons (Fsp3) is 0.273. The largest absolute Gasteiger partial charge is 0.371 e. The van der Waals surface area contributed by atoms with E-state index < -0.39 is 0 Å². The lowest BCUT2D eigenvalue weighted by Gasteiger charge is -2.19. The van der Waals surface area contributed by atoms with Crippen LogP contribution in [0.25, 0.3) is 0 Å². The highest BCUT2D eigenvalue weighted by molar-refractivity contribution is 5.94. The van der Waals surface area contributed by atoms with E-state index in [2.05, 4.69) is 39.5 Å². The first-order valence-corrected chi connectivity index (χ1v) is 9.45. The molecule has 0 saturated carbocycles. The Balaban J connectivity index is 1.23. The van der Waals surface area contributed by atoms with Crippen molar-refractivity contribution in [3.05, 3.63) is 83.9 Å². The summed E-state index contributed by atoms with van der Waals surface area (Å²) >= 11 is 0. The molecule has 0 saturated heterocycles. The highest BCUT2D eigenvalue weighted by Crippen LogP contribution is 2.27. The molecule has 1 amide bonds. The smallest absolute Gasteiger partial charge is 0.251 e. The molecule has 138 valence electrons. The van der Waals surface area contributed by atoms with Crippen molar-refractivity contribution < 1.29 is 4.79 Å². The second-order valence-corrected chi connectivity index (χ2v) is 6.91. The van der Waals surface area contributed by atoms with Crippen LogP contribution in [0.1, 0.15) is 27.9 Å².